The molecule has 0 aliphatic carbocycles. The van der Waals surface area contributed by atoms with Crippen LogP contribution in [0.25, 0.3) is 11.0 Å². The minimum Gasteiger partial charge on any atom is -0.410 e. The van der Waals surface area contributed by atoms with E-state index in [2.05, 4.69) is 4.98 Å². The van der Waals surface area contributed by atoms with Gasteiger partial charge in [-0.05, 0) is 24.3 Å². The second kappa shape index (κ2) is 5.99. The second-order valence-corrected chi connectivity index (χ2v) is 5.55. The highest BCUT2D eigenvalue weighted by molar-refractivity contribution is 6.38. The molecule has 0 unspecified atom stereocenters. The van der Waals surface area contributed by atoms with E-state index in [9.17, 15) is 18.0 Å². The third kappa shape index (κ3) is 3.05. The summed E-state index contributed by atoms with van der Waals surface area (Å²) in [6, 6.07) is 10.1. The van der Waals surface area contributed by atoms with Crippen molar-refractivity contribution in [2.75, 3.05) is 0 Å². The van der Waals surface area contributed by atoms with E-state index >= 15 is 0 Å². The molecule has 0 aliphatic heterocycles. The SMILES string of the molecule is O=C(Oc1ccccc1)n1c(C(F)(F)F)nc2c(Cl)cc(Cl)cc21. The van der Waals surface area contributed by atoms with E-state index in [1.165, 1.54) is 18.2 Å². The van der Waals surface area contributed by atoms with Gasteiger partial charge in [-0.2, -0.15) is 13.2 Å². The standard InChI is InChI=1S/C15H7Cl2F3N2O2/c16-8-6-10(17)12-11(7-8)22(13(21-12)15(18,19)20)14(23)24-9-4-2-1-3-5-9/h1-7H. The van der Waals surface area contributed by atoms with Crippen molar-refractivity contribution in [2.24, 2.45) is 0 Å². The number of rotatable bonds is 1. The summed E-state index contributed by atoms with van der Waals surface area (Å²) in [6.45, 7) is 0. The molecule has 0 N–H and O–H groups in total. The van der Waals surface area contributed by atoms with E-state index in [1.54, 1.807) is 18.2 Å². The molecule has 1 aromatic heterocycles. The minimum atomic E-state index is -4.88. The van der Waals surface area contributed by atoms with Crippen LogP contribution in [0.3, 0.4) is 0 Å². The summed E-state index contributed by atoms with van der Waals surface area (Å²) in [4.78, 5) is 15.7. The number of imidazole rings is 1. The number of benzene rings is 2. The summed E-state index contributed by atoms with van der Waals surface area (Å²) in [5.41, 5.74) is -0.390. The van der Waals surface area contributed by atoms with Gasteiger partial charge in [0.05, 0.1) is 10.5 Å². The van der Waals surface area contributed by atoms with Crippen molar-refractivity contribution < 1.29 is 22.7 Å². The fraction of sp³-hybridized carbons (Fsp3) is 0.0667. The lowest BCUT2D eigenvalue weighted by Crippen LogP contribution is -2.24. The third-order valence-electron chi connectivity index (χ3n) is 3.06. The van der Waals surface area contributed by atoms with Crippen molar-refractivity contribution >= 4 is 40.3 Å². The Morgan fingerprint density at radius 1 is 1.12 bits per heavy atom. The number of aromatic nitrogens is 2. The fourth-order valence-electron chi connectivity index (χ4n) is 2.11. The number of ether oxygens (including phenoxy) is 1. The first kappa shape index (κ1) is 16.6. The van der Waals surface area contributed by atoms with Crippen molar-refractivity contribution in [3.63, 3.8) is 0 Å². The summed E-state index contributed by atoms with van der Waals surface area (Å²) in [7, 11) is 0. The van der Waals surface area contributed by atoms with Gasteiger partial charge in [-0.15, -0.1) is 0 Å². The number of halogens is 5. The number of para-hydroxylation sites is 1. The van der Waals surface area contributed by atoms with Gasteiger partial charge in [0.1, 0.15) is 11.3 Å². The van der Waals surface area contributed by atoms with Gasteiger partial charge in [-0.3, -0.25) is 0 Å². The topological polar surface area (TPSA) is 44.1 Å². The molecular weight excluding hydrogens is 368 g/mol. The van der Waals surface area contributed by atoms with Crippen LogP contribution in [0.5, 0.6) is 5.75 Å². The van der Waals surface area contributed by atoms with Crippen LogP contribution < -0.4 is 4.74 Å². The van der Waals surface area contributed by atoms with E-state index in [0.717, 1.165) is 6.07 Å². The Kier molecular flexibility index (Phi) is 4.15. The van der Waals surface area contributed by atoms with E-state index in [1.807, 2.05) is 0 Å². The van der Waals surface area contributed by atoms with Gasteiger partial charge in [-0.1, -0.05) is 41.4 Å². The summed E-state index contributed by atoms with van der Waals surface area (Å²) in [5, 5.41) is -0.0378. The van der Waals surface area contributed by atoms with Crippen molar-refractivity contribution in [1.82, 2.24) is 9.55 Å². The number of fused-ring (bicyclic) bond motifs is 1. The quantitative estimate of drug-likeness (QED) is 0.571. The zero-order valence-corrected chi connectivity index (χ0v) is 13.2. The Morgan fingerprint density at radius 3 is 2.42 bits per heavy atom. The predicted molar refractivity (Wildman–Crippen MR) is 82.6 cm³/mol. The van der Waals surface area contributed by atoms with Crippen LogP contribution in [0.4, 0.5) is 18.0 Å². The van der Waals surface area contributed by atoms with Crippen LogP contribution >= 0.6 is 23.2 Å². The maximum atomic E-state index is 13.3. The normalized spacial score (nSPS) is 11.7. The van der Waals surface area contributed by atoms with Crippen molar-refractivity contribution in [1.29, 1.82) is 0 Å². The molecule has 0 bridgehead atoms. The Bertz CT molecular complexity index is 924. The second-order valence-electron chi connectivity index (χ2n) is 4.70. The van der Waals surface area contributed by atoms with Gasteiger partial charge in [-0.25, -0.2) is 14.3 Å². The van der Waals surface area contributed by atoms with Crippen LogP contribution in [-0.4, -0.2) is 15.6 Å². The van der Waals surface area contributed by atoms with Gasteiger partial charge in [0.25, 0.3) is 0 Å². The largest absolute Gasteiger partial charge is 0.450 e. The van der Waals surface area contributed by atoms with Gasteiger partial charge in [0.15, 0.2) is 0 Å². The Balaban J connectivity index is 2.19. The molecule has 2 aromatic carbocycles. The van der Waals surface area contributed by atoms with E-state index < -0.39 is 18.1 Å². The smallest absolute Gasteiger partial charge is 0.410 e. The van der Waals surface area contributed by atoms with E-state index in [0.29, 0.717) is 4.57 Å². The number of nitrogens with zero attached hydrogens (tertiary/aromatic N) is 2. The molecule has 9 heteroatoms. The fourth-order valence-corrected chi connectivity index (χ4v) is 2.64. The third-order valence-corrected chi connectivity index (χ3v) is 3.57. The number of hydrogen-bond donors (Lipinski definition) is 0. The average molecular weight is 375 g/mol. The maximum absolute atomic E-state index is 13.3. The van der Waals surface area contributed by atoms with E-state index in [4.69, 9.17) is 27.9 Å². The Labute approximate surface area is 143 Å². The number of carbonyl (C=O) groups excluding carboxylic acids is 1. The van der Waals surface area contributed by atoms with Crippen molar-refractivity contribution in [3.05, 3.63) is 58.3 Å². The molecule has 3 aromatic rings. The molecule has 0 aliphatic rings. The first-order valence-electron chi connectivity index (χ1n) is 6.49. The van der Waals surface area contributed by atoms with Gasteiger partial charge >= 0.3 is 12.3 Å². The Morgan fingerprint density at radius 2 is 1.79 bits per heavy atom. The Hall–Kier alpha value is -2.25. The lowest BCUT2D eigenvalue weighted by Gasteiger charge is -2.10. The summed E-state index contributed by atoms with van der Waals surface area (Å²) in [6.07, 6.45) is -6.15. The molecule has 24 heavy (non-hydrogen) atoms. The summed E-state index contributed by atoms with van der Waals surface area (Å²) < 4.78 is 45.0. The molecule has 0 atom stereocenters. The monoisotopic (exact) mass is 374 g/mol. The van der Waals surface area contributed by atoms with Crippen LogP contribution in [0.1, 0.15) is 5.82 Å². The number of hydrogen-bond acceptors (Lipinski definition) is 3. The predicted octanol–water partition coefficient (Wildman–Crippen LogP) is 5.41. The molecule has 0 radical (unpaired) electrons. The molecule has 0 saturated carbocycles. The zero-order chi connectivity index (χ0) is 17.5. The highest BCUT2D eigenvalue weighted by atomic mass is 35.5. The minimum absolute atomic E-state index is 0.0647. The van der Waals surface area contributed by atoms with Crippen LogP contribution in [-0.2, 0) is 6.18 Å². The molecular formula is C15H7Cl2F3N2O2. The lowest BCUT2D eigenvalue weighted by molar-refractivity contribution is -0.145. The molecule has 0 fully saturated rings. The molecule has 124 valence electrons. The van der Waals surface area contributed by atoms with Crippen LogP contribution in [0.15, 0.2) is 42.5 Å². The highest BCUT2D eigenvalue weighted by Crippen LogP contribution is 2.35. The van der Waals surface area contributed by atoms with Crippen molar-refractivity contribution in [3.8, 4) is 5.75 Å². The molecule has 4 nitrogen and oxygen atoms in total. The van der Waals surface area contributed by atoms with Gasteiger partial charge in [0, 0.05) is 5.02 Å². The lowest BCUT2D eigenvalue weighted by atomic mass is 10.3. The molecule has 0 spiro atoms. The van der Waals surface area contributed by atoms with Gasteiger partial charge in [0.2, 0.25) is 5.82 Å². The average Bonchev–Trinajstić information content (AvgIpc) is 2.88. The molecule has 0 amide bonds. The summed E-state index contributed by atoms with van der Waals surface area (Å²) >= 11 is 11.7. The molecule has 3 rings (SSSR count). The maximum Gasteiger partial charge on any atom is 0.450 e. The summed E-state index contributed by atoms with van der Waals surface area (Å²) in [5.74, 6) is -1.35. The first-order valence-corrected chi connectivity index (χ1v) is 7.25. The van der Waals surface area contributed by atoms with Gasteiger partial charge < -0.3 is 4.74 Å². The first-order chi connectivity index (χ1) is 11.3. The number of alkyl halides is 3. The molecule has 1 heterocycles. The van der Waals surface area contributed by atoms with Crippen LogP contribution in [0, 0.1) is 0 Å². The van der Waals surface area contributed by atoms with E-state index in [-0.39, 0.29) is 26.8 Å². The highest BCUT2D eigenvalue weighted by Gasteiger charge is 2.40. The van der Waals surface area contributed by atoms with Crippen molar-refractivity contribution in [2.45, 2.75) is 6.18 Å². The number of carbonyl (C=O) groups is 1. The van der Waals surface area contributed by atoms with Crippen LogP contribution in [0.2, 0.25) is 10.0 Å². The molecule has 0 saturated heterocycles. The zero-order valence-electron chi connectivity index (χ0n) is 11.6.